The van der Waals surface area contributed by atoms with Crippen molar-refractivity contribution in [1.29, 1.82) is 0 Å². The molecule has 0 aliphatic heterocycles. The average molecular weight is 440 g/mol. The molecule has 1 atom stereocenters. The van der Waals surface area contributed by atoms with Crippen molar-refractivity contribution in [2.24, 2.45) is 0 Å². The number of rotatable bonds is 9. The molecule has 0 radical (unpaired) electrons. The number of unbranched alkanes of at least 4 members (excludes halogenated alkanes) is 1. The molecule has 0 aliphatic carbocycles. The van der Waals surface area contributed by atoms with Gasteiger partial charge in [0.25, 0.3) is 0 Å². The van der Waals surface area contributed by atoms with E-state index in [1.165, 1.54) is 17.1 Å². The molecule has 2 aromatic carbocycles. The van der Waals surface area contributed by atoms with E-state index >= 15 is 0 Å². The Balaban J connectivity index is 2.18. The number of hydrogen-bond donors (Lipinski definition) is 1. The molecule has 2 aromatic rings. The van der Waals surface area contributed by atoms with Gasteiger partial charge in [0, 0.05) is 0 Å². The van der Waals surface area contributed by atoms with Crippen LogP contribution >= 0.6 is 11.6 Å². The van der Waals surface area contributed by atoms with Crippen molar-refractivity contribution in [3.63, 3.8) is 0 Å². The third-order valence-electron chi connectivity index (χ3n) is 4.24. The van der Waals surface area contributed by atoms with Gasteiger partial charge in [-0.1, -0.05) is 0 Å². The monoisotopic (exact) mass is 440 g/mol. The van der Waals surface area contributed by atoms with Gasteiger partial charge < -0.3 is 0 Å². The van der Waals surface area contributed by atoms with Crippen LogP contribution in [0.3, 0.4) is 0 Å². The van der Waals surface area contributed by atoms with Crippen LogP contribution in [0.1, 0.15) is 38.2 Å². The number of aryl methyl sites for hydroxylation is 1. The Morgan fingerprint density at radius 2 is 1.77 bits per heavy atom. The zero-order chi connectivity index (χ0) is 19.0. The van der Waals surface area contributed by atoms with Gasteiger partial charge in [0.1, 0.15) is 0 Å². The zero-order valence-electron chi connectivity index (χ0n) is 14.9. The summed E-state index contributed by atoms with van der Waals surface area (Å²) in [5.41, 5.74) is 1.73. The Hall–Kier alpha value is -1.45. The summed E-state index contributed by atoms with van der Waals surface area (Å²) < 4.78 is 25.7. The minimum atomic E-state index is -4.47. The van der Waals surface area contributed by atoms with Gasteiger partial charge in [-0.2, -0.15) is 0 Å². The van der Waals surface area contributed by atoms with E-state index in [4.69, 9.17) is 11.6 Å². The molecule has 0 saturated carbocycles. The van der Waals surface area contributed by atoms with Crippen LogP contribution < -0.4 is 4.46 Å². The van der Waals surface area contributed by atoms with Gasteiger partial charge in [-0.3, -0.25) is 0 Å². The van der Waals surface area contributed by atoms with Crippen molar-refractivity contribution in [3.8, 4) is 0 Å². The van der Waals surface area contributed by atoms with E-state index in [1.807, 2.05) is 37.3 Å². The second-order valence-electron chi connectivity index (χ2n) is 6.34. The fourth-order valence-electron chi connectivity index (χ4n) is 2.71. The molecule has 0 heterocycles. The molecule has 0 amide bonds. The van der Waals surface area contributed by atoms with Crippen LogP contribution in [0.4, 0.5) is 0 Å². The average Bonchev–Trinajstić information content (AvgIpc) is 2.64. The fraction of sp³-hybridized carbons (Fsp3) is 0.333. The molecule has 1 unspecified atom stereocenters. The maximum atomic E-state index is 12.7. The minimum absolute atomic E-state index is 0.259. The second kappa shape index (κ2) is 10.0. The molecule has 2 rings (SSSR count). The molecular weight excluding hydrogens is 415 g/mol. The topological polar surface area (TPSA) is 54.4 Å². The second-order valence-corrected chi connectivity index (χ2v) is 10.5. The molecule has 5 heteroatoms. The van der Waals surface area contributed by atoms with Gasteiger partial charge in [-0.15, -0.1) is 0 Å². The molecule has 0 spiro atoms. The van der Waals surface area contributed by atoms with Crippen LogP contribution in [0, 0.1) is 0 Å². The van der Waals surface area contributed by atoms with Gasteiger partial charge in [0.2, 0.25) is 0 Å². The Morgan fingerprint density at radius 1 is 1.12 bits per heavy atom. The number of halogens is 1. The molecule has 0 fully saturated rings. The van der Waals surface area contributed by atoms with E-state index in [0.29, 0.717) is 29.9 Å². The molecule has 3 nitrogen and oxygen atoms in total. The summed E-state index contributed by atoms with van der Waals surface area (Å²) in [4.78, 5) is 1.31. The van der Waals surface area contributed by atoms with Gasteiger partial charge in [0.05, 0.1) is 0 Å². The van der Waals surface area contributed by atoms with Crippen LogP contribution in [-0.2, 0) is 14.1 Å². The van der Waals surface area contributed by atoms with Gasteiger partial charge >= 0.3 is 162 Å². The Bertz CT molecular complexity index is 812. The predicted octanol–water partition coefficient (Wildman–Crippen LogP) is 4.50. The van der Waals surface area contributed by atoms with Crippen molar-refractivity contribution in [3.05, 3.63) is 75.7 Å². The standard InChI is InChI=1S/C21H25ClO3Se/c1-2-3-9-18(21(23)15-10-17-7-5-4-6-8-17)16-26(24,25)20-13-11-19(22)12-14-20/h4-8,11-14,16,21,23H,2-3,9-10,15H2,1H3/b18-16-. The van der Waals surface area contributed by atoms with Crippen LogP contribution in [0.15, 0.2) is 65.1 Å². The van der Waals surface area contributed by atoms with E-state index in [2.05, 4.69) is 0 Å². The summed E-state index contributed by atoms with van der Waals surface area (Å²) in [6.07, 6.45) is 2.84. The predicted molar refractivity (Wildman–Crippen MR) is 107 cm³/mol. The van der Waals surface area contributed by atoms with Crippen molar-refractivity contribution >= 4 is 28.8 Å². The van der Waals surface area contributed by atoms with E-state index < -0.39 is 18.8 Å². The molecule has 0 aromatic heterocycles. The van der Waals surface area contributed by atoms with E-state index in [0.717, 1.165) is 18.4 Å². The quantitative estimate of drug-likeness (QED) is 0.585. The molecule has 0 aliphatic rings. The van der Waals surface area contributed by atoms with Crippen LogP contribution in [0.25, 0.3) is 0 Å². The fourth-order valence-corrected chi connectivity index (χ4v) is 5.62. The summed E-state index contributed by atoms with van der Waals surface area (Å²) in [6.45, 7) is 2.05. The summed E-state index contributed by atoms with van der Waals surface area (Å²) in [5, 5.41) is 11.1. The van der Waals surface area contributed by atoms with Gasteiger partial charge in [-0.05, 0) is 0 Å². The first-order valence-electron chi connectivity index (χ1n) is 8.85. The number of aliphatic hydroxyl groups excluding tert-OH is 1. The van der Waals surface area contributed by atoms with Gasteiger partial charge in [-0.25, -0.2) is 0 Å². The van der Waals surface area contributed by atoms with Crippen molar-refractivity contribution in [2.75, 3.05) is 0 Å². The third-order valence-corrected chi connectivity index (χ3v) is 7.73. The molecule has 0 saturated heterocycles. The molecule has 140 valence electrons. The number of benzene rings is 2. The normalized spacial score (nSPS) is 13.6. The van der Waals surface area contributed by atoms with Crippen molar-refractivity contribution < 1.29 is 12.8 Å². The first-order valence-corrected chi connectivity index (χ1v) is 12.5. The number of hydrogen-bond acceptors (Lipinski definition) is 3. The van der Waals surface area contributed by atoms with Crippen LogP contribution in [-0.4, -0.2) is 23.9 Å². The third kappa shape index (κ3) is 6.37. The van der Waals surface area contributed by atoms with E-state index in [-0.39, 0.29) is 4.46 Å². The Morgan fingerprint density at radius 3 is 2.38 bits per heavy atom. The maximum absolute atomic E-state index is 12.7. The van der Waals surface area contributed by atoms with Crippen molar-refractivity contribution in [1.82, 2.24) is 0 Å². The SMILES string of the molecule is CCCC/C(=C/[Se](=O)(=O)c1ccc(Cl)cc1)C(O)CCc1ccccc1. The molecule has 1 N–H and O–H groups in total. The molecule has 26 heavy (non-hydrogen) atoms. The summed E-state index contributed by atoms with van der Waals surface area (Å²) >= 11 is 1.37. The van der Waals surface area contributed by atoms with E-state index in [9.17, 15) is 12.8 Å². The summed E-state index contributed by atoms with van der Waals surface area (Å²) in [6, 6.07) is 16.1. The van der Waals surface area contributed by atoms with Crippen LogP contribution in [0.5, 0.6) is 0 Å². The van der Waals surface area contributed by atoms with Crippen molar-refractivity contribution in [2.45, 2.75) is 45.1 Å². The molecule has 0 bridgehead atoms. The first-order chi connectivity index (χ1) is 12.4. The zero-order valence-corrected chi connectivity index (χ0v) is 17.4. The molecular formula is C21H25ClO3Se. The van der Waals surface area contributed by atoms with E-state index in [1.54, 1.807) is 12.1 Å². The summed E-state index contributed by atoms with van der Waals surface area (Å²) in [7, 11) is 0. The summed E-state index contributed by atoms with van der Waals surface area (Å²) in [5.74, 6) is 0. The Labute approximate surface area is 162 Å². The first kappa shape index (κ1) is 20.9. The Kier molecular flexibility index (Phi) is 8.05. The number of aliphatic hydroxyl groups is 1. The van der Waals surface area contributed by atoms with Gasteiger partial charge in [0.15, 0.2) is 0 Å². The van der Waals surface area contributed by atoms with Crippen LogP contribution in [0.2, 0.25) is 5.02 Å².